The zero-order chi connectivity index (χ0) is 32.2. The number of alkyl halides is 3. The highest BCUT2D eigenvalue weighted by Gasteiger charge is 2.38. The number of fused-ring (bicyclic) bond motifs is 1. The minimum atomic E-state index is -5.08. The third kappa shape index (κ3) is 11.0. The number of ether oxygens (including phenoxy) is 1. The summed E-state index contributed by atoms with van der Waals surface area (Å²) in [6.45, 7) is 0.567. The van der Waals surface area contributed by atoms with Crippen LogP contribution in [0.5, 0.6) is 5.75 Å². The van der Waals surface area contributed by atoms with Crippen molar-refractivity contribution in [3.63, 3.8) is 0 Å². The monoisotopic (exact) mass is 630 g/mol. The number of aliphatic carboxylic acids is 2. The summed E-state index contributed by atoms with van der Waals surface area (Å²) in [5, 5.41) is 19.0. The Morgan fingerprint density at radius 1 is 1.00 bits per heavy atom. The second-order valence-corrected chi connectivity index (χ2v) is 10.5. The molecule has 0 aliphatic heterocycles. The summed E-state index contributed by atoms with van der Waals surface area (Å²) in [5.41, 5.74) is 5.41. The molecule has 0 radical (unpaired) electrons. The number of unbranched alkanes of at least 4 members (excludes halogenated alkanes) is 2. The number of benzene rings is 1. The zero-order valence-electron chi connectivity index (χ0n) is 22.4. The fourth-order valence-electron chi connectivity index (χ4n) is 3.38. The Morgan fingerprint density at radius 3 is 2.23 bits per heavy atom. The topological polar surface area (TPSA) is 207 Å². The molecule has 234 valence electrons. The Morgan fingerprint density at radius 2 is 1.65 bits per heavy atom. The molecule has 3 rings (SSSR count). The molecule has 0 aliphatic carbocycles. The van der Waals surface area contributed by atoms with Crippen LogP contribution in [0.2, 0.25) is 0 Å². The van der Waals surface area contributed by atoms with Crippen molar-refractivity contribution in [2.24, 2.45) is 5.73 Å². The maximum absolute atomic E-state index is 12.7. The molecule has 43 heavy (non-hydrogen) atoms. The molecule has 1 atom stereocenters. The Kier molecular flexibility index (Phi) is 12.6. The van der Waals surface area contributed by atoms with E-state index < -0.39 is 52.2 Å². The maximum atomic E-state index is 12.7. The van der Waals surface area contributed by atoms with Crippen molar-refractivity contribution in [3.8, 4) is 5.75 Å². The molecule has 0 fully saturated rings. The van der Waals surface area contributed by atoms with Gasteiger partial charge in [-0.05, 0) is 50.1 Å². The van der Waals surface area contributed by atoms with E-state index in [-0.39, 0.29) is 10.5 Å². The SMILES string of the molecule is NCCCCCOc1ccn2c(=O)cc(C(=O)NC[C@H](NS(=O)(=O)c3ccccc3)C(=O)O)cc2c1.O=C(O)C(F)(F)F. The molecule has 3 aromatic rings. The lowest BCUT2D eigenvalue weighted by atomic mass is 10.2. The van der Waals surface area contributed by atoms with Crippen molar-refractivity contribution in [2.45, 2.75) is 36.4 Å². The van der Waals surface area contributed by atoms with Crippen LogP contribution in [0.3, 0.4) is 0 Å². The highest BCUT2D eigenvalue weighted by Crippen LogP contribution is 2.16. The van der Waals surface area contributed by atoms with E-state index in [2.05, 4.69) is 10.0 Å². The van der Waals surface area contributed by atoms with Gasteiger partial charge in [-0.25, -0.2) is 13.2 Å². The van der Waals surface area contributed by atoms with E-state index in [0.717, 1.165) is 25.3 Å². The van der Waals surface area contributed by atoms with Crippen molar-refractivity contribution in [1.29, 1.82) is 0 Å². The first-order valence-corrected chi connectivity index (χ1v) is 14.0. The summed E-state index contributed by atoms with van der Waals surface area (Å²) in [4.78, 5) is 45.6. The first-order chi connectivity index (χ1) is 20.2. The van der Waals surface area contributed by atoms with Gasteiger partial charge >= 0.3 is 18.1 Å². The van der Waals surface area contributed by atoms with Crippen LogP contribution < -0.4 is 26.1 Å². The van der Waals surface area contributed by atoms with Crippen molar-refractivity contribution in [3.05, 3.63) is 76.7 Å². The van der Waals surface area contributed by atoms with Crippen LogP contribution in [0.15, 0.2) is 70.5 Å². The van der Waals surface area contributed by atoms with E-state index >= 15 is 0 Å². The number of carboxylic acid groups (broad SMARTS) is 2. The van der Waals surface area contributed by atoms with Crippen LogP contribution >= 0.6 is 0 Å². The number of rotatable bonds is 13. The van der Waals surface area contributed by atoms with Crippen molar-refractivity contribution in [2.75, 3.05) is 19.7 Å². The third-order valence-corrected chi connectivity index (χ3v) is 7.00. The van der Waals surface area contributed by atoms with Gasteiger partial charge in [-0.15, -0.1) is 0 Å². The lowest BCUT2D eigenvalue weighted by Gasteiger charge is -2.16. The number of sulfonamides is 1. The summed E-state index contributed by atoms with van der Waals surface area (Å²) in [7, 11) is -4.13. The van der Waals surface area contributed by atoms with Gasteiger partial charge < -0.3 is 26.0 Å². The number of nitrogens with two attached hydrogens (primary N) is 1. The first-order valence-electron chi connectivity index (χ1n) is 12.5. The molecule has 2 heterocycles. The minimum Gasteiger partial charge on any atom is -0.493 e. The molecule has 0 saturated carbocycles. The van der Waals surface area contributed by atoms with Crippen LogP contribution in [0.1, 0.15) is 29.6 Å². The van der Waals surface area contributed by atoms with E-state index in [1.165, 1.54) is 40.9 Å². The second-order valence-electron chi connectivity index (χ2n) is 8.78. The van der Waals surface area contributed by atoms with E-state index in [1.807, 2.05) is 0 Å². The Balaban J connectivity index is 0.000000821. The normalized spacial score (nSPS) is 12.1. The number of aromatic nitrogens is 1. The number of carbonyl (C=O) groups excluding carboxylic acids is 1. The molecular formula is C26H29F3N4O9S. The Bertz CT molecular complexity index is 1580. The predicted octanol–water partition coefficient (Wildman–Crippen LogP) is 1.60. The van der Waals surface area contributed by atoms with E-state index in [9.17, 15) is 41.1 Å². The van der Waals surface area contributed by atoms with Gasteiger partial charge in [-0.1, -0.05) is 18.2 Å². The fraction of sp³-hybridized carbons (Fsp3) is 0.308. The number of pyridine rings is 2. The molecule has 2 aromatic heterocycles. The molecule has 1 amide bonds. The van der Waals surface area contributed by atoms with Gasteiger partial charge in [0.2, 0.25) is 10.0 Å². The van der Waals surface area contributed by atoms with Crippen LogP contribution in [0.25, 0.3) is 5.52 Å². The predicted molar refractivity (Wildman–Crippen MR) is 146 cm³/mol. The van der Waals surface area contributed by atoms with Crippen molar-refractivity contribution in [1.82, 2.24) is 14.4 Å². The number of halogens is 3. The molecule has 13 nitrogen and oxygen atoms in total. The fourth-order valence-corrected chi connectivity index (χ4v) is 4.59. The second kappa shape index (κ2) is 15.7. The lowest BCUT2D eigenvalue weighted by Crippen LogP contribution is -2.48. The molecule has 1 aromatic carbocycles. The van der Waals surface area contributed by atoms with Crippen LogP contribution in [0.4, 0.5) is 13.2 Å². The highest BCUT2D eigenvalue weighted by molar-refractivity contribution is 7.89. The molecule has 0 spiro atoms. The van der Waals surface area contributed by atoms with Gasteiger partial charge in [-0.2, -0.15) is 17.9 Å². The van der Waals surface area contributed by atoms with Gasteiger partial charge in [0, 0.05) is 30.4 Å². The molecular weight excluding hydrogens is 601 g/mol. The van der Waals surface area contributed by atoms with E-state index in [0.29, 0.717) is 24.4 Å². The van der Waals surface area contributed by atoms with Gasteiger partial charge in [0.15, 0.2) is 0 Å². The lowest BCUT2D eigenvalue weighted by molar-refractivity contribution is -0.192. The smallest absolute Gasteiger partial charge is 0.490 e. The number of nitrogens with zero attached hydrogens (tertiary/aromatic N) is 1. The summed E-state index contributed by atoms with van der Waals surface area (Å²) in [6, 6.07) is 11.5. The molecule has 0 aliphatic rings. The van der Waals surface area contributed by atoms with Gasteiger partial charge in [0.1, 0.15) is 11.8 Å². The number of hydrogen-bond acceptors (Lipinski definition) is 8. The standard InChI is InChI=1S/C24H28N4O7S.C2HF3O2/c25-10-5-2-6-12-35-19-9-11-28-18(15-19)13-17(14-22(28)29)23(30)26-16-21(24(31)32)27-36(33,34)20-7-3-1-4-8-20;3-2(4,5)1(6)7/h1,3-4,7-9,11,13-15,21,27H,2,5-6,10,12,16,25H2,(H,26,30)(H,31,32);(H,6,7)/t21-;/m0./s1. The molecule has 0 unspecified atom stereocenters. The largest absolute Gasteiger partial charge is 0.493 e. The minimum absolute atomic E-state index is 0.00449. The summed E-state index contributed by atoms with van der Waals surface area (Å²) < 4.78 is 65.8. The maximum Gasteiger partial charge on any atom is 0.490 e. The van der Waals surface area contributed by atoms with E-state index in [1.54, 1.807) is 18.2 Å². The van der Waals surface area contributed by atoms with Crippen molar-refractivity contribution < 1.29 is 50.9 Å². The molecule has 17 heteroatoms. The van der Waals surface area contributed by atoms with Gasteiger partial charge in [0.25, 0.3) is 11.5 Å². The summed E-state index contributed by atoms with van der Waals surface area (Å²) in [5.74, 6) is -4.43. The van der Waals surface area contributed by atoms with Crippen molar-refractivity contribution >= 4 is 33.4 Å². The van der Waals surface area contributed by atoms with Gasteiger partial charge in [-0.3, -0.25) is 18.8 Å². The number of amides is 1. The first kappa shape index (κ1) is 34.7. The highest BCUT2D eigenvalue weighted by atomic mass is 32.2. The average molecular weight is 631 g/mol. The average Bonchev–Trinajstić information content (AvgIpc) is 2.95. The number of carbonyl (C=O) groups is 3. The van der Waals surface area contributed by atoms with E-state index in [4.69, 9.17) is 20.4 Å². The van der Waals surface area contributed by atoms with Crippen LogP contribution in [-0.2, 0) is 19.6 Å². The van der Waals surface area contributed by atoms with Gasteiger partial charge in [0.05, 0.1) is 17.0 Å². The van der Waals surface area contributed by atoms with Crippen LogP contribution in [-0.4, -0.2) is 72.8 Å². The summed E-state index contributed by atoms with van der Waals surface area (Å²) >= 11 is 0. The van der Waals surface area contributed by atoms with Crippen LogP contribution in [0, 0.1) is 0 Å². The number of carboxylic acids is 2. The quantitative estimate of drug-likeness (QED) is 0.172. The Labute approximate surface area is 243 Å². The zero-order valence-corrected chi connectivity index (χ0v) is 23.2. The summed E-state index contributed by atoms with van der Waals surface area (Å²) in [6.07, 6.45) is -0.873. The molecule has 6 N–H and O–H groups in total. The molecule has 0 saturated heterocycles. The Hall–Kier alpha value is -4.48. The number of hydrogen-bond donors (Lipinski definition) is 5. The third-order valence-electron chi connectivity index (χ3n) is 5.51. The molecule has 0 bridgehead atoms. The number of nitrogens with one attached hydrogen (secondary N) is 2.